The second-order valence-corrected chi connectivity index (χ2v) is 3.43. The third kappa shape index (κ3) is 2.64. The maximum atomic E-state index is 10.9. The summed E-state index contributed by atoms with van der Waals surface area (Å²) in [6.07, 6.45) is 3.39. The maximum absolute atomic E-state index is 10.9. The average Bonchev–Trinajstić information content (AvgIpc) is 2.09. The van der Waals surface area contributed by atoms with E-state index in [9.17, 15) is 9.90 Å². The lowest BCUT2D eigenvalue weighted by atomic mass is 9.93. The Morgan fingerprint density at radius 3 is 2.75 bits per heavy atom. The molecule has 0 aromatic rings. The van der Waals surface area contributed by atoms with Crippen molar-refractivity contribution in [1.82, 2.24) is 5.32 Å². The molecule has 0 aromatic carbocycles. The summed E-state index contributed by atoms with van der Waals surface area (Å²) in [7, 11) is 0. The Hall–Kier alpha value is -0.280. The van der Waals surface area contributed by atoms with Crippen LogP contribution in [-0.4, -0.2) is 29.0 Å². The van der Waals surface area contributed by atoms with E-state index in [0.29, 0.717) is 0 Å². The summed E-state index contributed by atoms with van der Waals surface area (Å²) in [5.74, 6) is -0.217. The van der Waals surface area contributed by atoms with Gasteiger partial charge in [-0.3, -0.25) is 4.79 Å². The highest BCUT2D eigenvalue weighted by molar-refractivity contribution is 6.27. The number of hydrogen-bond acceptors (Lipinski definition) is 2. The molecule has 2 N–H and O–H groups in total. The molecule has 2 atom stereocenters. The fourth-order valence-corrected chi connectivity index (χ4v) is 1.60. The van der Waals surface area contributed by atoms with Crippen molar-refractivity contribution in [3.8, 4) is 0 Å². The van der Waals surface area contributed by atoms with Crippen LogP contribution in [0.3, 0.4) is 0 Å². The Kier molecular flexibility index (Phi) is 3.82. The number of aliphatic hydroxyl groups excluding tert-OH is 1. The van der Waals surface area contributed by atoms with Gasteiger partial charge in [-0.1, -0.05) is 12.8 Å². The predicted molar refractivity (Wildman–Crippen MR) is 47.1 cm³/mol. The van der Waals surface area contributed by atoms with E-state index < -0.39 is 0 Å². The normalized spacial score (nSPS) is 29.8. The summed E-state index contributed by atoms with van der Waals surface area (Å²) in [4.78, 5) is 10.9. The first kappa shape index (κ1) is 9.81. The van der Waals surface area contributed by atoms with Gasteiger partial charge in [-0.15, -0.1) is 11.6 Å². The number of carbonyl (C=O) groups excluding carboxylic acids is 1. The average molecular weight is 192 g/mol. The molecule has 1 amide bonds. The fourth-order valence-electron chi connectivity index (χ4n) is 1.53. The quantitative estimate of drug-likeness (QED) is 0.630. The van der Waals surface area contributed by atoms with Gasteiger partial charge in [0.1, 0.15) is 5.88 Å². The molecule has 0 aliphatic heterocycles. The van der Waals surface area contributed by atoms with Gasteiger partial charge in [0.05, 0.1) is 12.1 Å². The van der Waals surface area contributed by atoms with Crippen LogP contribution in [0.1, 0.15) is 25.7 Å². The van der Waals surface area contributed by atoms with Crippen LogP contribution in [0.5, 0.6) is 0 Å². The Morgan fingerprint density at radius 1 is 1.50 bits per heavy atom. The number of alkyl halides is 1. The number of halogens is 1. The monoisotopic (exact) mass is 191 g/mol. The topological polar surface area (TPSA) is 49.3 Å². The molecule has 4 heteroatoms. The third-order valence-corrected chi connectivity index (χ3v) is 2.44. The number of carbonyl (C=O) groups is 1. The molecular formula is C8H14ClNO2. The first-order valence-electron chi connectivity index (χ1n) is 4.27. The van der Waals surface area contributed by atoms with Crippen LogP contribution in [0.25, 0.3) is 0 Å². The largest absolute Gasteiger partial charge is 0.391 e. The Balaban J connectivity index is 2.33. The van der Waals surface area contributed by atoms with Crippen LogP contribution in [0.15, 0.2) is 0 Å². The van der Waals surface area contributed by atoms with Gasteiger partial charge in [-0.05, 0) is 12.8 Å². The summed E-state index contributed by atoms with van der Waals surface area (Å²) < 4.78 is 0. The van der Waals surface area contributed by atoms with Gasteiger partial charge in [0.15, 0.2) is 0 Å². The summed E-state index contributed by atoms with van der Waals surface area (Å²) in [6.45, 7) is 0. The number of aliphatic hydroxyl groups is 1. The first-order valence-corrected chi connectivity index (χ1v) is 4.81. The number of hydrogen-bond donors (Lipinski definition) is 2. The molecule has 0 aromatic heterocycles. The molecule has 0 radical (unpaired) electrons. The molecule has 3 nitrogen and oxygen atoms in total. The lowest BCUT2D eigenvalue weighted by Crippen LogP contribution is -2.45. The van der Waals surface area contributed by atoms with Crippen LogP contribution in [0.2, 0.25) is 0 Å². The van der Waals surface area contributed by atoms with E-state index in [1.165, 1.54) is 0 Å². The molecule has 70 valence electrons. The zero-order valence-electron chi connectivity index (χ0n) is 6.92. The zero-order valence-corrected chi connectivity index (χ0v) is 7.68. The second-order valence-electron chi connectivity index (χ2n) is 3.16. The molecule has 12 heavy (non-hydrogen) atoms. The van der Waals surface area contributed by atoms with Gasteiger partial charge >= 0.3 is 0 Å². The summed E-state index contributed by atoms with van der Waals surface area (Å²) in [5.41, 5.74) is 0. The number of amides is 1. The molecule has 1 fully saturated rings. The summed E-state index contributed by atoms with van der Waals surface area (Å²) in [6, 6.07) is -0.0787. The van der Waals surface area contributed by atoms with Crippen molar-refractivity contribution in [2.75, 3.05) is 5.88 Å². The standard InChI is InChI=1S/C8H14ClNO2/c9-5-8(12)10-6-3-1-2-4-7(6)11/h6-7,11H,1-5H2,(H,10,12). The van der Waals surface area contributed by atoms with E-state index in [4.69, 9.17) is 11.6 Å². The SMILES string of the molecule is O=C(CCl)NC1CCCCC1O. The van der Waals surface area contributed by atoms with Crippen molar-refractivity contribution >= 4 is 17.5 Å². The van der Waals surface area contributed by atoms with Gasteiger partial charge in [-0.2, -0.15) is 0 Å². The van der Waals surface area contributed by atoms with E-state index in [1.807, 2.05) is 0 Å². The minimum absolute atomic E-state index is 0.0246. The molecule has 0 saturated heterocycles. The van der Waals surface area contributed by atoms with Crippen molar-refractivity contribution in [3.05, 3.63) is 0 Å². The van der Waals surface area contributed by atoms with E-state index >= 15 is 0 Å². The molecule has 1 aliphatic rings. The van der Waals surface area contributed by atoms with E-state index in [2.05, 4.69) is 5.32 Å². The second kappa shape index (κ2) is 4.67. The highest BCUT2D eigenvalue weighted by Gasteiger charge is 2.23. The maximum Gasteiger partial charge on any atom is 0.235 e. The minimum Gasteiger partial charge on any atom is -0.391 e. The Labute approximate surface area is 77.1 Å². The van der Waals surface area contributed by atoms with Gasteiger partial charge in [0, 0.05) is 0 Å². The van der Waals surface area contributed by atoms with Crippen molar-refractivity contribution < 1.29 is 9.90 Å². The van der Waals surface area contributed by atoms with Gasteiger partial charge in [0.2, 0.25) is 5.91 Å². The van der Waals surface area contributed by atoms with Crippen LogP contribution in [-0.2, 0) is 4.79 Å². The molecule has 0 spiro atoms. The van der Waals surface area contributed by atoms with Crippen LogP contribution < -0.4 is 5.32 Å². The lowest BCUT2D eigenvalue weighted by molar-refractivity contribution is -0.120. The molecule has 0 heterocycles. The molecule has 1 aliphatic carbocycles. The van der Waals surface area contributed by atoms with E-state index in [1.54, 1.807) is 0 Å². The molecule has 2 unspecified atom stereocenters. The minimum atomic E-state index is -0.383. The molecular weight excluding hydrogens is 178 g/mol. The van der Waals surface area contributed by atoms with Crippen molar-refractivity contribution in [2.45, 2.75) is 37.8 Å². The predicted octanol–water partition coefficient (Wildman–Crippen LogP) is 0.645. The summed E-state index contributed by atoms with van der Waals surface area (Å²) >= 11 is 5.33. The Bertz CT molecular complexity index is 163. The zero-order chi connectivity index (χ0) is 8.97. The third-order valence-electron chi connectivity index (χ3n) is 2.20. The molecule has 0 bridgehead atoms. The highest BCUT2D eigenvalue weighted by atomic mass is 35.5. The lowest BCUT2D eigenvalue weighted by Gasteiger charge is -2.27. The first-order chi connectivity index (χ1) is 5.74. The number of nitrogens with one attached hydrogen (secondary N) is 1. The molecule has 1 saturated carbocycles. The smallest absolute Gasteiger partial charge is 0.235 e. The summed E-state index contributed by atoms with van der Waals surface area (Å²) in [5, 5.41) is 12.2. The van der Waals surface area contributed by atoms with Crippen LogP contribution in [0, 0.1) is 0 Å². The van der Waals surface area contributed by atoms with Crippen LogP contribution >= 0.6 is 11.6 Å². The van der Waals surface area contributed by atoms with E-state index in [0.717, 1.165) is 25.7 Å². The van der Waals surface area contributed by atoms with Crippen LogP contribution in [0.4, 0.5) is 0 Å². The Morgan fingerprint density at radius 2 is 2.17 bits per heavy atom. The number of rotatable bonds is 2. The highest BCUT2D eigenvalue weighted by Crippen LogP contribution is 2.18. The molecule has 1 rings (SSSR count). The van der Waals surface area contributed by atoms with Gasteiger partial charge in [0.25, 0.3) is 0 Å². The van der Waals surface area contributed by atoms with Crippen molar-refractivity contribution in [3.63, 3.8) is 0 Å². The van der Waals surface area contributed by atoms with Gasteiger partial charge in [-0.25, -0.2) is 0 Å². The van der Waals surface area contributed by atoms with Gasteiger partial charge < -0.3 is 10.4 Å². The van der Waals surface area contributed by atoms with Crippen molar-refractivity contribution in [2.24, 2.45) is 0 Å². The fraction of sp³-hybridized carbons (Fsp3) is 0.875. The van der Waals surface area contributed by atoms with Crippen molar-refractivity contribution in [1.29, 1.82) is 0 Å². The van der Waals surface area contributed by atoms with E-state index in [-0.39, 0.29) is 23.9 Å².